The highest BCUT2D eigenvalue weighted by atomic mass is 32.1. The predicted octanol–water partition coefficient (Wildman–Crippen LogP) is 5.68. The van der Waals surface area contributed by atoms with Crippen LogP contribution in [0.15, 0.2) is 48.8 Å². The molecule has 4 aromatic rings. The van der Waals surface area contributed by atoms with E-state index in [0.29, 0.717) is 39.0 Å². The minimum absolute atomic E-state index is 0.0458. The van der Waals surface area contributed by atoms with Crippen LogP contribution in [0.25, 0.3) is 37.0 Å². The summed E-state index contributed by atoms with van der Waals surface area (Å²) in [7, 11) is 2.04. The number of hydrogen-bond acceptors (Lipinski definition) is 7. The topological polar surface area (TPSA) is 66.2 Å². The molecule has 2 aliphatic rings. The third-order valence-corrected chi connectivity index (χ3v) is 9.17. The standard InChI is InChI=1S/C31H29F3N6O2S/c1-18(32)30(41)40-11-10-39(16-21(40)15-35-2)29-24-13-25(33)23(22-8-4-6-19-12-27(34)43-28(19)22)14-26(24)36-31(37-29)42-17-20-7-5-9-38(20)3/h4,6,8,12-14,20-21H,1,5,7,9-11,15-17H2,3H3/t20-,21-/m0/s1. The van der Waals surface area contributed by atoms with Gasteiger partial charge in [-0.2, -0.15) is 14.4 Å². The Kier molecular flexibility index (Phi) is 7.94. The molecule has 2 aromatic heterocycles. The fourth-order valence-electron chi connectivity index (χ4n) is 5.96. The molecule has 8 nitrogen and oxygen atoms in total. The number of rotatable bonds is 7. The molecular formula is C31H29F3N6O2S. The summed E-state index contributed by atoms with van der Waals surface area (Å²) >= 11 is 0.955. The summed E-state index contributed by atoms with van der Waals surface area (Å²) in [6.07, 6.45) is 2.06. The lowest BCUT2D eigenvalue weighted by atomic mass is 10.0. The van der Waals surface area contributed by atoms with Gasteiger partial charge in [0.25, 0.3) is 5.91 Å². The predicted molar refractivity (Wildman–Crippen MR) is 161 cm³/mol. The lowest BCUT2D eigenvalue weighted by molar-refractivity contribution is -0.131. The molecule has 2 aliphatic heterocycles. The van der Waals surface area contributed by atoms with Gasteiger partial charge in [-0.3, -0.25) is 4.79 Å². The number of likely N-dealkylation sites (N-methyl/N-ethyl adjacent to an activating group) is 1. The fourth-order valence-corrected chi connectivity index (χ4v) is 6.87. The Hall–Kier alpha value is -4.21. The van der Waals surface area contributed by atoms with Crippen LogP contribution in [0.2, 0.25) is 0 Å². The molecule has 0 bridgehead atoms. The van der Waals surface area contributed by atoms with Crippen LogP contribution >= 0.6 is 11.3 Å². The SMILES string of the molecule is [C-]#[N+]C[C@H]1CN(c2nc(OC[C@@H]3CCCN3C)nc3cc(-c4cccc5cc(F)sc45)c(F)cc23)CCN1C(=O)C(=C)F. The van der Waals surface area contributed by atoms with Gasteiger partial charge in [-0.25, -0.2) is 15.4 Å². The third kappa shape index (κ3) is 5.62. The van der Waals surface area contributed by atoms with Crippen molar-refractivity contribution in [2.75, 3.05) is 51.3 Å². The van der Waals surface area contributed by atoms with Crippen LogP contribution in [-0.2, 0) is 4.79 Å². The van der Waals surface area contributed by atoms with Gasteiger partial charge >= 0.3 is 6.01 Å². The number of fused-ring (bicyclic) bond motifs is 2. The van der Waals surface area contributed by atoms with E-state index < -0.39 is 23.6 Å². The highest BCUT2D eigenvalue weighted by Gasteiger charge is 2.35. The minimum atomic E-state index is -1.08. The molecule has 43 heavy (non-hydrogen) atoms. The molecule has 2 fully saturated rings. The average Bonchev–Trinajstić information content (AvgIpc) is 3.59. The van der Waals surface area contributed by atoms with Gasteiger partial charge in [-0.1, -0.05) is 24.8 Å². The van der Waals surface area contributed by atoms with Gasteiger partial charge in [0.1, 0.15) is 24.3 Å². The largest absolute Gasteiger partial charge is 0.462 e. The van der Waals surface area contributed by atoms with E-state index >= 15 is 4.39 Å². The number of hydrogen-bond donors (Lipinski definition) is 0. The number of ether oxygens (including phenoxy) is 1. The van der Waals surface area contributed by atoms with E-state index in [0.717, 1.165) is 30.7 Å². The molecule has 12 heteroatoms. The van der Waals surface area contributed by atoms with Crippen LogP contribution in [0.4, 0.5) is 19.0 Å². The summed E-state index contributed by atoms with van der Waals surface area (Å²) in [5.41, 5.74) is 1.26. The Labute approximate surface area is 250 Å². The maximum absolute atomic E-state index is 15.9. The number of anilines is 1. The van der Waals surface area contributed by atoms with Gasteiger partial charge in [0.05, 0.1) is 5.52 Å². The molecule has 2 aromatic carbocycles. The number of likely N-dealkylation sites (tertiary alicyclic amines) is 1. The Morgan fingerprint density at radius 1 is 1.16 bits per heavy atom. The maximum atomic E-state index is 15.9. The van der Waals surface area contributed by atoms with Crippen molar-refractivity contribution >= 4 is 44.1 Å². The molecule has 0 N–H and O–H groups in total. The van der Waals surface area contributed by atoms with Gasteiger partial charge in [0.2, 0.25) is 6.54 Å². The first kappa shape index (κ1) is 28.9. The van der Waals surface area contributed by atoms with Crippen molar-refractivity contribution in [1.29, 1.82) is 0 Å². The number of aromatic nitrogens is 2. The molecule has 0 radical (unpaired) electrons. The maximum Gasteiger partial charge on any atom is 0.319 e. The van der Waals surface area contributed by atoms with Crippen molar-refractivity contribution in [2.45, 2.75) is 24.9 Å². The summed E-state index contributed by atoms with van der Waals surface area (Å²) in [5, 5.41) is 0.748. The van der Waals surface area contributed by atoms with Crippen LogP contribution in [0, 0.1) is 17.5 Å². The molecule has 4 heterocycles. The Balaban J connectivity index is 1.43. The first-order valence-corrected chi connectivity index (χ1v) is 14.8. The van der Waals surface area contributed by atoms with E-state index in [1.54, 1.807) is 24.3 Å². The number of benzene rings is 2. The number of thiophene rings is 1. The summed E-state index contributed by atoms with van der Waals surface area (Å²) in [5.74, 6) is -2.06. The molecule has 0 saturated carbocycles. The van der Waals surface area contributed by atoms with Crippen LogP contribution in [0.1, 0.15) is 12.8 Å². The number of nitrogens with zero attached hydrogens (tertiary/aromatic N) is 6. The van der Waals surface area contributed by atoms with Crippen molar-refractivity contribution in [3.8, 4) is 17.1 Å². The van der Waals surface area contributed by atoms with E-state index in [2.05, 4.69) is 21.3 Å². The van der Waals surface area contributed by atoms with E-state index in [-0.39, 0.29) is 48.9 Å². The highest BCUT2D eigenvalue weighted by molar-refractivity contribution is 7.18. The second-order valence-corrected chi connectivity index (χ2v) is 11.9. The Morgan fingerprint density at radius 3 is 2.74 bits per heavy atom. The van der Waals surface area contributed by atoms with Crippen LogP contribution < -0.4 is 9.64 Å². The lowest BCUT2D eigenvalue weighted by Gasteiger charge is -2.39. The molecule has 2 atom stereocenters. The summed E-state index contributed by atoms with van der Waals surface area (Å²) in [6.45, 7) is 12.4. The van der Waals surface area contributed by atoms with E-state index in [4.69, 9.17) is 16.3 Å². The highest BCUT2D eigenvalue weighted by Crippen LogP contribution is 2.38. The molecule has 0 unspecified atom stereocenters. The molecular weight excluding hydrogens is 577 g/mol. The van der Waals surface area contributed by atoms with Crippen molar-refractivity contribution in [3.63, 3.8) is 0 Å². The summed E-state index contributed by atoms with van der Waals surface area (Å²) in [4.78, 5) is 30.7. The normalized spacial score (nSPS) is 19.2. The number of carbonyl (C=O) groups is 1. The number of halogens is 3. The zero-order chi connectivity index (χ0) is 30.2. The third-order valence-electron chi connectivity index (χ3n) is 8.20. The smallest absolute Gasteiger partial charge is 0.319 e. The second-order valence-electron chi connectivity index (χ2n) is 10.9. The molecule has 2 saturated heterocycles. The van der Waals surface area contributed by atoms with Gasteiger partial charge in [-0.15, -0.1) is 11.3 Å². The van der Waals surface area contributed by atoms with Crippen molar-refractivity contribution in [3.05, 3.63) is 71.2 Å². The summed E-state index contributed by atoms with van der Waals surface area (Å²) in [6, 6.07) is 9.42. The molecule has 1 amide bonds. The second kappa shape index (κ2) is 11.8. The Bertz CT molecular complexity index is 1770. The van der Waals surface area contributed by atoms with Crippen molar-refractivity contribution in [1.82, 2.24) is 19.8 Å². The zero-order valence-electron chi connectivity index (χ0n) is 23.5. The molecule has 6 rings (SSSR count). The van der Waals surface area contributed by atoms with E-state index in [1.165, 1.54) is 17.0 Å². The van der Waals surface area contributed by atoms with Gasteiger partial charge in [0, 0.05) is 46.9 Å². The first-order valence-electron chi connectivity index (χ1n) is 14.0. The monoisotopic (exact) mass is 606 g/mol. The van der Waals surface area contributed by atoms with Crippen molar-refractivity contribution < 1.29 is 22.7 Å². The minimum Gasteiger partial charge on any atom is -0.462 e. The van der Waals surface area contributed by atoms with Crippen LogP contribution in [0.5, 0.6) is 6.01 Å². The number of amides is 1. The summed E-state index contributed by atoms with van der Waals surface area (Å²) < 4.78 is 50.5. The van der Waals surface area contributed by atoms with E-state index in [1.807, 2.05) is 11.9 Å². The van der Waals surface area contributed by atoms with Gasteiger partial charge < -0.3 is 24.3 Å². The molecule has 0 spiro atoms. The molecule has 222 valence electrons. The Morgan fingerprint density at radius 2 is 2.00 bits per heavy atom. The lowest BCUT2D eigenvalue weighted by Crippen LogP contribution is -2.56. The molecule has 0 aliphatic carbocycles. The van der Waals surface area contributed by atoms with Gasteiger partial charge in [-0.05, 0) is 50.0 Å². The zero-order valence-corrected chi connectivity index (χ0v) is 24.3. The van der Waals surface area contributed by atoms with E-state index in [9.17, 15) is 13.6 Å². The quantitative estimate of drug-likeness (QED) is 0.199. The first-order chi connectivity index (χ1) is 20.7. The van der Waals surface area contributed by atoms with Crippen LogP contribution in [-0.4, -0.2) is 84.1 Å². The van der Waals surface area contributed by atoms with Crippen LogP contribution in [0.3, 0.4) is 0 Å². The van der Waals surface area contributed by atoms with Gasteiger partial charge in [0.15, 0.2) is 11.0 Å². The van der Waals surface area contributed by atoms with Crippen molar-refractivity contribution in [2.24, 2.45) is 0 Å². The average molecular weight is 607 g/mol. The number of carbonyl (C=O) groups excluding carboxylic acids is 1. The number of piperazine rings is 1. The fraction of sp³-hybridized carbons (Fsp3) is 0.355.